The molecule has 0 radical (unpaired) electrons. The van der Waals surface area contributed by atoms with Gasteiger partial charge in [0.1, 0.15) is 5.54 Å². The molecule has 0 amide bonds. The minimum atomic E-state index is -0.775. The molecule has 0 bridgehead atoms. The van der Waals surface area contributed by atoms with Crippen molar-refractivity contribution in [2.24, 2.45) is 5.92 Å². The maximum absolute atomic E-state index is 11.2. The Morgan fingerprint density at radius 2 is 2.16 bits per heavy atom. The zero-order valence-electron chi connectivity index (χ0n) is 12.9. The van der Waals surface area contributed by atoms with Crippen molar-refractivity contribution < 1.29 is 9.90 Å². The first-order valence-electron chi connectivity index (χ1n) is 7.57. The Morgan fingerprint density at radius 1 is 1.47 bits per heavy atom. The quantitative estimate of drug-likeness (QED) is 0.665. The van der Waals surface area contributed by atoms with Crippen LogP contribution in [0.1, 0.15) is 52.9 Å². The molecule has 1 heterocycles. The lowest BCUT2D eigenvalue weighted by Crippen LogP contribution is -2.47. The molecule has 0 aromatic rings. The fourth-order valence-electron chi connectivity index (χ4n) is 3.02. The summed E-state index contributed by atoms with van der Waals surface area (Å²) in [6.45, 7) is 8.69. The van der Waals surface area contributed by atoms with Gasteiger partial charge in [0, 0.05) is 6.04 Å². The van der Waals surface area contributed by atoms with Gasteiger partial charge >= 0.3 is 5.97 Å². The highest BCUT2D eigenvalue weighted by Crippen LogP contribution is 2.24. The second-order valence-electron chi connectivity index (χ2n) is 6.33. The van der Waals surface area contributed by atoms with Gasteiger partial charge in [-0.3, -0.25) is 4.79 Å². The number of likely N-dealkylation sites (tertiary alicyclic amines) is 1. The second kappa shape index (κ2) is 7.25. The van der Waals surface area contributed by atoms with Crippen LogP contribution in [-0.2, 0) is 4.79 Å². The Bertz CT molecular complexity index is 294. The molecule has 2 atom stereocenters. The molecule has 0 spiro atoms. The summed E-state index contributed by atoms with van der Waals surface area (Å²) in [7, 11) is 1.73. The second-order valence-corrected chi connectivity index (χ2v) is 6.33. The van der Waals surface area contributed by atoms with E-state index in [4.69, 9.17) is 0 Å². The van der Waals surface area contributed by atoms with E-state index in [0.29, 0.717) is 6.42 Å². The van der Waals surface area contributed by atoms with E-state index in [1.54, 1.807) is 14.0 Å². The maximum Gasteiger partial charge on any atom is 0.323 e. The van der Waals surface area contributed by atoms with Crippen LogP contribution in [0.2, 0.25) is 0 Å². The summed E-state index contributed by atoms with van der Waals surface area (Å²) in [5, 5.41) is 12.1. The van der Waals surface area contributed by atoms with Crippen LogP contribution < -0.4 is 5.32 Å². The summed E-state index contributed by atoms with van der Waals surface area (Å²) in [6.07, 6.45) is 5.38. The molecule has 112 valence electrons. The van der Waals surface area contributed by atoms with Crippen LogP contribution in [0.3, 0.4) is 0 Å². The largest absolute Gasteiger partial charge is 0.480 e. The lowest BCUT2D eigenvalue weighted by atomic mass is 9.95. The van der Waals surface area contributed by atoms with Crippen LogP contribution in [0, 0.1) is 5.92 Å². The van der Waals surface area contributed by atoms with Gasteiger partial charge in [-0.05, 0) is 65.1 Å². The number of nitrogens with one attached hydrogen (secondary N) is 1. The van der Waals surface area contributed by atoms with Crippen LogP contribution in [-0.4, -0.2) is 47.7 Å². The van der Waals surface area contributed by atoms with Crippen molar-refractivity contribution >= 4 is 5.97 Å². The highest BCUT2D eigenvalue weighted by atomic mass is 16.4. The first-order valence-corrected chi connectivity index (χ1v) is 7.57. The predicted molar refractivity (Wildman–Crippen MR) is 78.4 cm³/mol. The molecule has 1 fully saturated rings. The molecule has 2 N–H and O–H groups in total. The number of carboxylic acid groups (broad SMARTS) is 1. The number of likely N-dealkylation sites (N-methyl/N-ethyl adjacent to an activating group) is 1. The third kappa shape index (κ3) is 4.46. The van der Waals surface area contributed by atoms with Gasteiger partial charge in [0.2, 0.25) is 0 Å². The van der Waals surface area contributed by atoms with Crippen molar-refractivity contribution in [1.29, 1.82) is 0 Å². The molecule has 1 saturated heterocycles. The number of hydrogen-bond donors (Lipinski definition) is 2. The number of rotatable bonds is 8. The third-order valence-corrected chi connectivity index (χ3v) is 4.58. The lowest BCUT2D eigenvalue weighted by Gasteiger charge is -2.28. The molecule has 4 heteroatoms. The molecule has 0 saturated carbocycles. The monoisotopic (exact) mass is 270 g/mol. The lowest BCUT2D eigenvalue weighted by molar-refractivity contribution is -0.144. The van der Waals surface area contributed by atoms with E-state index in [0.717, 1.165) is 31.3 Å². The fraction of sp³-hybridized carbons (Fsp3) is 0.933. The van der Waals surface area contributed by atoms with Gasteiger partial charge in [0.25, 0.3) is 0 Å². The standard InChI is InChI=1S/C15H30N2O2/c1-12(2)13-8-7-11-17(13)10-6-5-9-15(3,16-4)14(18)19/h12-13,16H,5-11H2,1-4H3,(H,18,19). The highest BCUT2D eigenvalue weighted by molar-refractivity contribution is 5.78. The van der Waals surface area contributed by atoms with E-state index < -0.39 is 11.5 Å². The average Bonchev–Trinajstić information content (AvgIpc) is 2.82. The van der Waals surface area contributed by atoms with E-state index >= 15 is 0 Å². The molecule has 0 aromatic carbocycles. The molecule has 0 aromatic heterocycles. The van der Waals surface area contributed by atoms with Crippen LogP contribution >= 0.6 is 0 Å². The highest BCUT2D eigenvalue weighted by Gasteiger charge is 2.31. The maximum atomic E-state index is 11.2. The number of carboxylic acids is 1. The summed E-state index contributed by atoms with van der Waals surface area (Å²) in [5.41, 5.74) is -0.775. The topological polar surface area (TPSA) is 52.6 Å². The van der Waals surface area contributed by atoms with E-state index in [1.807, 2.05) is 0 Å². The van der Waals surface area contributed by atoms with Crippen molar-refractivity contribution in [1.82, 2.24) is 10.2 Å². The molecule has 1 aliphatic rings. The molecule has 1 aliphatic heterocycles. The summed E-state index contributed by atoms with van der Waals surface area (Å²) >= 11 is 0. The van der Waals surface area contributed by atoms with Gasteiger partial charge in [0.05, 0.1) is 0 Å². The van der Waals surface area contributed by atoms with Crippen molar-refractivity contribution in [3.05, 3.63) is 0 Å². The zero-order chi connectivity index (χ0) is 14.5. The van der Waals surface area contributed by atoms with Crippen molar-refractivity contribution in [2.75, 3.05) is 20.1 Å². The van der Waals surface area contributed by atoms with Crippen molar-refractivity contribution in [2.45, 2.75) is 64.5 Å². The van der Waals surface area contributed by atoms with E-state index in [9.17, 15) is 9.90 Å². The van der Waals surface area contributed by atoms with Gasteiger partial charge in [-0.25, -0.2) is 0 Å². The first kappa shape index (κ1) is 16.4. The number of unbranched alkanes of at least 4 members (excludes halogenated alkanes) is 1. The smallest absolute Gasteiger partial charge is 0.323 e. The van der Waals surface area contributed by atoms with Gasteiger partial charge < -0.3 is 15.3 Å². The Morgan fingerprint density at radius 3 is 2.68 bits per heavy atom. The van der Waals surface area contributed by atoms with Gasteiger partial charge in [-0.15, -0.1) is 0 Å². The Balaban J connectivity index is 2.29. The van der Waals surface area contributed by atoms with Crippen LogP contribution in [0.5, 0.6) is 0 Å². The number of carbonyl (C=O) groups is 1. The zero-order valence-corrected chi connectivity index (χ0v) is 12.9. The molecule has 4 nitrogen and oxygen atoms in total. The summed E-state index contributed by atoms with van der Waals surface area (Å²) in [6, 6.07) is 0.732. The first-order chi connectivity index (χ1) is 8.90. The summed E-state index contributed by atoms with van der Waals surface area (Å²) < 4.78 is 0. The molecule has 2 unspecified atom stereocenters. The fourth-order valence-corrected chi connectivity index (χ4v) is 3.02. The van der Waals surface area contributed by atoms with Crippen molar-refractivity contribution in [3.63, 3.8) is 0 Å². The van der Waals surface area contributed by atoms with E-state index in [-0.39, 0.29) is 0 Å². The van der Waals surface area contributed by atoms with Gasteiger partial charge in [-0.2, -0.15) is 0 Å². The van der Waals surface area contributed by atoms with Gasteiger partial charge in [-0.1, -0.05) is 13.8 Å². The van der Waals surface area contributed by atoms with E-state index in [2.05, 4.69) is 24.1 Å². The minimum absolute atomic E-state index is 0.693. The molecule has 0 aliphatic carbocycles. The molecular weight excluding hydrogens is 240 g/mol. The average molecular weight is 270 g/mol. The minimum Gasteiger partial charge on any atom is -0.480 e. The molecular formula is C15H30N2O2. The number of hydrogen-bond acceptors (Lipinski definition) is 3. The Hall–Kier alpha value is -0.610. The van der Waals surface area contributed by atoms with Crippen LogP contribution in [0.25, 0.3) is 0 Å². The molecule has 19 heavy (non-hydrogen) atoms. The normalized spacial score (nSPS) is 23.7. The molecule has 1 rings (SSSR count). The van der Waals surface area contributed by atoms with Crippen LogP contribution in [0.15, 0.2) is 0 Å². The summed E-state index contributed by atoms with van der Waals surface area (Å²) in [4.78, 5) is 13.8. The number of aliphatic carboxylic acids is 1. The summed E-state index contributed by atoms with van der Waals surface area (Å²) in [5.74, 6) is -0.0275. The SMILES string of the molecule is CNC(C)(CCCCN1CCCC1C(C)C)C(=O)O. The van der Waals surface area contributed by atoms with Crippen molar-refractivity contribution in [3.8, 4) is 0 Å². The van der Waals surface area contributed by atoms with Gasteiger partial charge in [0.15, 0.2) is 0 Å². The number of nitrogens with zero attached hydrogens (tertiary/aromatic N) is 1. The van der Waals surface area contributed by atoms with Crippen LogP contribution in [0.4, 0.5) is 0 Å². The predicted octanol–water partition coefficient (Wildman–Crippen LogP) is 2.34. The third-order valence-electron chi connectivity index (χ3n) is 4.58. The Labute approximate surface area is 117 Å². The van der Waals surface area contributed by atoms with E-state index in [1.165, 1.54) is 19.4 Å². The Kier molecular flexibility index (Phi) is 6.27.